The molecular formula is C11H15N5O4. The van der Waals surface area contributed by atoms with Crippen LogP contribution in [0.3, 0.4) is 0 Å². The van der Waals surface area contributed by atoms with Gasteiger partial charge in [0.05, 0.1) is 25.9 Å². The SMILES string of the molecule is COc1nc(=O)n([C@@H]2C[C@@H](N=[N+]=[N-])[C@H](CO)O2)cc1C. The van der Waals surface area contributed by atoms with E-state index in [1.165, 1.54) is 11.7 Å². The van der Waals surface area contributed by atoms with Crippen LogP contribution in [0.5, 0.6) is 5.88 Å². The highest BCUT2D eigenvalue weighted by Crippen LogP contribution is 2.30. The van der Waals surface area contributed by atoms with E-state index in [4.69, 9.17) is 15.0 Å². The van der Waals surface area contributed by atoms with Crippen molar-refractivity contribution in [2.24, 2.45) is 5.11 Å². The average Bonchev–Trinajstić information content (AvgIpc) is 2.84. The molecule has 1 saturated heterocycles. The molecule has 1 aliphatic heterocycles. The summed E-state index contributed by atoms with van der Waals surface area (Å²) < 4.78 is 11.8. The third-order valence-corrected chi connectivity index (χ3v) is 3.18. The van der Waals surface area contributed by atoms with Gasteiger partial charge in [0, 0.05) is 23.1 Å². The largest absolute Gasteiger partial charge is 0.481 e. The first-order valence-corrected chi connectivity index (χ1v) is 6.05. The number of rotatable bonds is 4. The van der Waals surface area contributed by atoms with E-state index in [1.807, 2.05) is 0 Å². The molecule has 1 N–H and O–H groups in total. The molecule has 2 heterocycles. The first-order valence-electron chi connectivity index (χ1n) is 6.05. The summed E-state index contributed by atoms with van der Waals surface area (Å²) >= 11 is 0. The van der Waals surface area contributed by atoms with Crippen LogP contribution >= 0.6 is 0 Å². The number of aromatic nitrogens is 2. The summed E-state index contributed by atoms with van der Waals surface area (Å²) in [4.78, 5) is 18.4. The number of aliphatic hydroxyl groups is 1. The van der Waals surface area contributed by atoms with Crippen LogP contribution in [0, 0.1) is 6.92 Å². The summed E-state index contributed by atoms with van der Waals surface area (Å²) in [5, 5.41) is 12.8. The quantitative estimate of drug-likeness (QED) is 0.489. The first kappa shape index (κ1) is 14.3. The lowest BCUT2D eigenvalue weighted by atomic mass is 10.1. The second-order valence-corrected chi connectivity index (χ2v) is 4.44. The zero-order chi connectivity index (χ0) is 14.7. The molecule has 1 aliphatic rings. The summed E-state index contributed by atoms with van der Waals surface area (Å²) in [6.45, 7) is 1.47. The number of hydrogen-bond donors (Lipinski definition) is 1. The van der Waals surface area contributed by atoms with Crippen molar-refractivity contribution in [3.05, 3.63) is 32.7 Å². The van der Waals surface area contributed by atoms with Gasteiger partial charge in [-0.15, -0.1) is 0 Å². The number of aliphatic hydroxyl groups excluding tert-OH is 1. The third-order valence-electron chi connectivity index (χ3n) is 3.18. The molecule has 1 aromatic rings. The molecule has 20 heavy (non-hydrogen) atoms. The summed E-state index contributed by atoms with van der Waals surface area (Å²) in [6.07, 6.45) is 0.645. The van der Waals surface area contributed by atoms with E-state index >= 15 is 0 Å². The van der Waals surface area contributed by atoms with Crippen LogP contribution in [0.25, 0.3) is 10.4 Å². The Morgan fingerprint density at radius 2 is 2.50 bits per heavy atom. The average molecular weight is 281 g/mol. The zero-order valence-electron chi connectivity index (χ0n) is 11.1. The van der Waals surface area contributed by atoms with E-state index in [2.05, 4.69) is 15.0 Å². The Bertz CT molecular complexity index is 595. The molecule has 3 atom stereocenters. The Hall–Kier alpha value is -2.09. The lowest BCUT2D eigenvalue weighted by Gasteiger charge is -2.15. The number of methoxy groups -OCH3 is 1. The molecule has 0 unspecified atom stereocenters. The molecule has 0 amide bonds. The highest BCUT2D eigenvalue weighted by molar-refractivity contribution is 5.20. The Morgan fingerprint density at radius 1 is 1.75 bits per heavy atom. The lowest BCUT2D eigenvalue weighted by molar-refractivity contribution is -0.0272. The maximum Gasteiger partial charge on any atom is 0.352 e. The van der Waals surface area contributed by atoms with Crippen molar-refractivity contribution in [1.82, 2.24) is 9.55 Å². The fourth-order valence-corrected chi connectivity index (χ4v) is 2.20. The Labute approximate surface area is 114 Å². The summed E-state index contributed by atoms with van der Waals surface area (Å²) in [7, 11) is 1.44. The van der Waals surface area contributed by atoms with Gasteiger partial charge in [0.15, 0.2) is 0 Å². The van der Waals surface area contributed by atoms with Gasteiger partial charge in [-0.05, 0) is 12.5 Å². The number of hydrogen-bond acceptors (Lipinski definition) is 6. The molecule has 0 bridgehead atoms. The van der Waals surface area contributed by atoms with E-state index in [0.29, 0.717) is 12.0 Å². The fourth-order valence-electron chi connectivity index (χ4n) is 2.20. The number of aryl methyl sites for hydroxylation is 1. The van der Waals surface area contributed by atoms with Gasteiger partial charge in [-0.3, -0.25) is 4.57 Å². The van der Waals surface area contributed by atoms with E-state index in [1.54, 1.807) is 13.1 Å². The van der Waals surface area contributed by atoms with Gasteiger partial charge in [-0.2, -0.15) is 4.98 Å². The van der Waals surface area contributed by atoms with Crippen molar-refractivity contribution in [1.29, 1.82) is 0 Å². The molecule has 0 spiro atoms. The number of azide groups is 1. The predicted octanol–water partition coefficient (Wildman–Crippen LogP) is 0.519. The number of nitrogens with zero attached hydrogens (tertiary/aromatic N) is 5. The van der Waals surface area contributed by atoms with E-state index in [0.717, 1.165) is 0 Å². The second-order valence-electron chi connectivity index (χ2n) is 4.44. The number of ether oxygens (including phenoxy) is 2. The standard InChI is InChI=1S/C11H15N5O4/c1-6-4-16(11(18)13-10(6)19-2)9-3-7(14-15-12)8(5-17)20-9/h4,7-9,17H,3,5H2,1-2H3/t7-,8+,9+/m1/s1. The molecule has 9 nitrogen and oxygen atoms in total. The topological polar surface area (TPSA) is 122 Å². The van der Waals surface area contributed by atoms with Crippen LogP contribution in [-0.4, -0.2) is 40.5 Å². The van der Waals surface area contributed by atoms with Gasteiger partial charge in [-0.1, -0.05) is 5.11 Å². The van der Waals surface area contributed by atoms with Crippen LogP contribution < -0.4 is 10.4 Å². The lowest BCUT2D eigenvalue weighted by Crippen LogP contribution is -2.28. The molecule has 0 aliphatic carbocycles. The van der Waals surface area contributed by atoms with Crippen molar-refractivity contribution in [3.8, 4) is 5.88 Å². The molecule has 9 heteroatoms. The van der Waals surface area contributed by atoms with Crippen molar-refractivity contribution < 1.29 is 14.6 Å². The molecule has 2 rings (SSSR count). The molecule has 0 radical (unpaired) electrons. The fraction of sp³-hybridized carbons (Fsp3) is 0.636. The van der Waals surface area contributed by atoms with Crippen molar-refractivity contribution in [3.63, 3.8) is 0 Å². The third kappa shape index (κ3) is 2.60. The zero-order valence-corrected chi connectivity index (χ0v) is 11.1. The van der Waals surface area contributed by atoms with Crippen molar-refractivity contribution in [2.45, 2.75) is 31.7 Å². The molecule has 1 fully saturated rings. The van der Waals surface area contributed by atoms with Crippen LogP contribution in [0.1, 0.15) is 18.2 Å². The maximum atomic E-state index is 11.9. The molecule has 108 valence electrons. The van der Waals surface area contributed by atoms with Gasteiger partial charge in [0.2, 0.25) is 5.88 Å². The van der Waals surface area contributed by atoms with Crippen LogP contribution in [0.2, 0.25) is 0 Å². The van der Waals surface area contributed by atoms with Crippen molar-refractivity contribution in [2.75, 3.05) is 13.7 Å². The second kappa shape index (κ2) is 5.91. The van der Waals surface area contributed by atoms with Crippen LogP contribution in [0.4, 0.5) is 0 Å². The minimum Gasteiger partial charge on any atom is -0.481 e. The Morgan fingerprint density at radius 3 is 3.10 bits per heavy atom. The Balaban J connectivity index is 2.31. The van der Waals surface area contributed by atoms with Gasteiger partial charge in [0.1, 0.15) is 6.23 Å². The Kier molecular flexibility index (Phi) is 4.23. The van der Waals surface area contributed by atoms with Gasteiger partial charge in [0.25, 0.3) is 0 Å². The van der Waals surface area contributed by atoms with Gasteiger partial charge < -0.3 is 14.6 Å². The maximum absolute atomic E-state index is 11.9. The normalized spacial score (nSPS) is 25.2. The van der Waals surface area contributed by atoms with Crippen LogP contribution in [-0.2, 0) is 4.74 Å². The predicted molar refractivity (Wildman–Crippen MR) is 68.3 cm³/mol. The van der Waals surface area contributed by atoms with Gasteiger partial charge in [-0.25, -0.2) is 4.79 Å². The summed E-state index contributed by atoms with van der Waals surface area (Å²) in [6, 6.07) is -0.510. The highest BCUT2D eigenvalue weighted by Gasteiger charge is 2.35. The molecular weight excluding hydrogens is 266 g/mol. The van der Waals surface area contributed by atoms with Crippen LogP contribution in [0.15, 0.2) is 16.1 Å². The smallest absolute Gasteiger partial charge is 0.352 e. The molecule has 0 saturated carbocycles. The van der Waals surface area contributed by atoms with Gasteiger partial charge >= 0.3 is 5.69 Å². The minimum atomic E-state index is -0.620. The first-order chi connectivity index (χ1) is 9.60. The summed E-state index contributed by atoms with van der Waals surface area (Å²) in [5.74, 6) is 0.259. The molecule has 0 aromatic carbocycles. The van der Waals surface area contributed by atoms with E-state index < -0.39 is 24.1 Å². The molecule has 1 aromatic heterocycles. The monoisotopic (exact) mass is 281 g/mol. The highest BCUT2D eigenvalue weighted by atomic mass is 16.5. The summed E-state index contributed by atoms with van der Waals surface area (Å²) in [5.41, 5.74) is 8.65. The van der Waals surface area contributed by atoms with Crippen molar-refractivity contribution >= 4 is 0 Å². The van der Waals surface area contributed by atoms with E-state index in [9.17, 15) is 9.90 Å². The minimum absolute atomic E-state index is 0.259. The van der Waals surface area contributed by atoms with E-state index in [-0.39, 0.29) is 12.5 Å².